The first-order valence-corrected chi connectivity index (χ1v) is 5.30. The van der Waals surface area contributed by atoms with Crippen molar-refractivity contribution < 1.29 is 24.2 Å². The van der Waals surface area contributed by atoms with E-state index in [2.05, 4.69) is 27.5 Å². The predicted molar refractivity (Wildman–Crippen MR) is 75.6 cm³/mol. The van der Waals surface area contributed by atoms with E-state index in [0.29, 0.717) is 0 Å². The Balaban J connectivity index is -0.0000000360. The number of aromatic nitrogens is 1. The minimum absolute atomic E-state index is 0. The number of nitrogens with one attached hydrogen (secondary N) is 1. The molecular formula is C12H19Cl2NZr-4. The van der Waals surface area contributed by atoms with E-state index in [-0.39, 0.29) is 39.7 Å². The van der Waals surface area contributed by atoms with Gasteiger partial charge in [0.2, 0.25) is 0 Å². The van der Waals surface area contributed by atoms with Gasteiger partial charge in [-0.25, -0.2) is 12.2 Å². The molecule has 0 atom stereocenters. The Morgan fingerprint density at radius 1 is 1.19 bits per heavy atom. The normalized spacial score (nSPS) is 8.19. The fourth-order valence-electron chi connectivity index (χ4n) is 0.581. The molecule has 0 saturated heterocycles. The Kier molecular flexibility index (Phi) is 54.8. The van der Waals surface area contributed by atoms with Gasteiger partial charge in [-0.1, -0.05) is 0 Å². The molecule has 0 saturated carbocycles. The van der Waals surface area contributed by atoms with Gasteiger partial charge in [-0.05, 0) is 0 Å². The van der Waals surface area contributed by atoms with Gasteiger partial charge < -0.3 is 19.8 Å². The number of hydrogen-bond acceptors (Lipinski definition) is 0. The summed E-state index contributed by atoms with van der Waals surface area (Å²) in [5.41, 5.74) is 0. The second kappa shape index (κ2) is 29.4. The number of allylic oxidation sites excluding steroid dienone is 4. The van der Waals surface area contributed by atoms with Crippen LogP contribution < -0.4 is 0 Å². The van der Waals surface area contributed by atoms with Crippen molar-refractivity contribution in [3.05, 3.63) is 63.7 Å². The molecule has 0 unspecified atom stereocenters. The molecule has 0 fully saturated rings. The van der Waals surface area contributed by atoms with Crippen LogP contribution in [0.1, 0.15) is 6.42 Å². The van der Waals surface area contributed by atoms with Crippen molar-refractivity contribution >= 4 is 29.0 Å². The first-order chi connectivity index (χ1) is 6.00. The van der Waals surface area contributed by atoms with Gasteiger partial charge in [-0.15, -0.1) is 37.4 Å². The molecule has 1 aliphatic rings. The summed E-state index contributed by atoms with van der Waals surface area (Å²) in [7, 11) is 0. The summed E-state index contributed by atoms with van der Waals surface area (Å²) in [4.78, 5) is 2.74. The molecule has 4 heteroatoms. The van der Waals surface area contributed by atoms with Crippen LogP contribution in [0.3, 0.4) is 0 Å². The molecule has 0 radical (unpaired) electrons. The van der Waals surface area contributed by atoms with Gasteiger partial charge in [0.25, 0.3) is 0 Å². The van der Waals surface area contributed by atoms with Gasteiger partial charge in [0.1, 0.15) is 0 Å². The van der Waals surface area contributed by atoms with Crippen LogP contribution in [0.2, 0.25) is 0 Å². The van der Waals surface area contributed by atoms with Crippen LogP contribution >= 0.6 is 24.8 Å². The molecule has 0 bridgehead atoms. The van der Waals surface area contributed by atoms with Crippen LogP contribution in [-0.4, -0.2) is 9.20 Å². The number of hydrogen-bond donors (Lipinski definition) is 1. The van der Waals surface area contributed by atoms with Gasteiger partial charge in [0, 0.05) is 0 Å². The molecule has 1 heterocycles. The van der Waals surface area contributed by atoms with Crippen molar-refractivity contribution in [3.63, 3.8) is 0 Å². The largest absolute Gasteiger partial charge is 0.484 e. The summed E-state index contributed by atoms with van der Waals surface area (Å²) in [6.45, 7) is 0. The Hall–Kier alpha value is 0.0931. The molecule has 0 aliphatic heterocycles. The smallest absolute Gasteiger partial charge is 0.108 e. The quantitative estimate of drug-likeness (QED) is 0.692. The average molecular weight is 339 g/mol. The summed E-state index contributed by atoms with van der Waals surface area (Å²) in [6, 6.07) is 3.71. The third-order valence-corrected chi connectivity index (χ3v) is 1.03. The standard InChI is InChI=1S/C5H5.C4H4N.2CH3.CH2.2ClH.Zr/c2*1-2-4-5-3-1;;;;;;/h1-3H,4H2;1-3,5H;2*1H3;1H2;2*1H;/q4*-1;;;;. The topological polar surface area (TPSA) is 15.8 Å². The van der Waals surface area contributed by atoms with Gasteiger partial charge in [0.05, 0.1) is 0 Å². The van der Waals surface area contributed by atoms with E-state index in [4.69, 9.17) is 0 Å². The summed E-state index contributed by atoms with van der Waals surface area (Å²) < 4.78 is 3.34. The maximum absolute atomic E-state index is 3.34. The zero-order valence-electron chi connectivity index (χ0n) is 9.69. The van der Waals surface area contributed by atoms with Crippen LogP contribution in [0, 0.1) is 27.1 Å². The number of aromatic amines is 1. The molecule has 94 valence electrons. The maximum atomic E-state index is 3.34. The molecule has 0 spiro atoms. The van der Waals surface area contributed by atoms with Crippen molar-refractivity contribution in [3.8, 4) is 0 Å². The van der Waals surface area contributed by atoms with E-state index in [1.807, 2.05) is 30.5 Å². The molecule has 1 aliphatic carbocycles. The second-order valence-corrected chi connectivity index (χ2v) is 1.82. The fourth-order valence-corrected chi connectivity index (χ4v) is 0.581. The van der Waals surface area contributed by atoms with Crippen LogP contribution in [0.5, 0.6) is 0 Å². The second-order valence-electron chi connectivity index (χ2n) is 1.82. The Morgan fingerprint density at radius 3 is 1.94 bits per heavy atom. The van der Waals surface area contributed by atoms with Gasteiger partial charge in [-0.3, -0.25) is 6.08 Å². The molecule has 0 amide bonds. The number of rotatable bonds is 0. The van der Waals surface area contributed by atoms with Crippen LogP contribution in [0.15, 0.2) is 36.6 Å². The van der Waals surface area contributed by atoms with Gasteiger partial charge >= 0.3 is 28.4 Å². The van der Waals surface area contributed by atoms with E-state index in [1.54, 1.807) is 0 Å². The van der Waals surface area contributed by atoms with E-state index in [0.717, 1.165) is 6.42 Å². The molecule has 16 heavy (non-hydrogen) atoms. The molecule has 1 N–H and O–H groups in total. The van der Waals surface area contributed by atoms with Crippen LogP contribution in [0.25, 0.3) is 0 Å². The maximum Gasteiger partial charge on any atom is -0.108 e. The van der Waals surface area contributed by atoms with Gasteiger partial charge in [0.15, 0.2) is 0 Å². The molecule has 0 aromatic carbocycles. The summed E-state index contributed by atoms with van der Waals surface area (Å²) in [5.74, 6) is 0. The number of H-pyrrole nitrogens is 1. The first-order valence-electron chi connectivity index (χ1n) is 3.56. The van der Waals surface area contributed by atoms with Crippen LogP contribution in [0.4, 0.5) is 0 Å². The SMILES string of the molecule is Cl.Cl.[C-]1=CC=CC1.[CH2]=[Zr].[CH3-].[CH3-].[c-]1ccc[nH]1. The van der Waals surface area contributed by atoms with E-state index < -0.39 is 0 Å². The summed E-state index contributed by atoms with van der Waals surface area (Å²) >= 11 is 1.30. The fraction of sp³-hybridized carbons (Fsp3) is 0.0833. The van der Waals surface area contributed by atoms with Crippen LogP contribution in [-0.2, 0) is 24.2 Å². The summed E-state index contributed by atoms with van der Waals surface area (Å²) in [5, 5.41) is 0. The minimum Gasteiger partial charge on any atom is -0.484 e. The minimum atomic E-state index is 0. The Morgan fingerprint density at radius 2 is 1.81 bits per heavy atom. The Labute approximate surface area is 128 Å². The first kappa shape index (κ1) is 29.8. The molecule has 1 aromatic heterocycles. The molecular weight excluding hydrogens is 320 g/mol. The molecule has 1 nitrogen and oxygen atoms in total. The monoisotopic (exact) mass is 337 g/mol. The molecule has 2 rings (SSSR count). The van der Waals surface area contributed by atoms with E-state index in [9.17, 15) is 0 Å². The zero-order chi connectivity index (χ0) is 9.07. The molecule has 1 aromatic rings. The predicted octanol–water partition coefficient (Wildman–Crippen LogP) is 3.83. The Bertz CT molecular complexity index is 194. The van der Waals surface area contributed by atoms with Crippen molar-refractivity contribution in [1.29, 1.82) is 0 Å². The average Bonchev–Trinajstić information content (AvgIpc) is 2.87. The van der Waals surface area contributed by atoms with E-state index >= 15 is 0 Å². The zero-order valence-corrected chi connectivity index (χ0v) is 13.8. The van der Waals surface area contributed by atoms with Crippen molar-refractivity contribution in [2.75, 3.05) is 0 Å². The third kappa shape index (κ3) is 23.7. The van der Waals surface area contributed by atoms with E-state index in [1.165, 1.54) is 24.2 Å². The van der Waals surface area contributed by atoms with Crippen molar-refractivity contribution in [2.24, 2.45) is 0 Å². The van der Waals surface area contributed by atoms with Crippen molar-refractivity contribution in [2.45, 2.75) is 6.42 Å². The number of halogens is 2. The summed E-state index contributed by atoms with van der Waals surface area (Å²) in [6.07, 6.45) is 14.6. The van der Waals surface area contributed by atoms with Gasteiger partial charge in [-0.2, -0.15) is 24.4 Å². The third-order valence-electron chi connectivity index (χ3n) is 1.03. The van der Waals surface area contributed by atoms with Crippen molar-refractivity contribution in [1.82, 2.24) is 4.98 Å².